The molecule has 2 rings (SSSR count). The second-order valence-electron chi connectivity index (χ2n) is 3.54. The van der Waals surface area contributed by atoms with Gasteiger partial charge in [-0.2, -0.15) is 13.2 Å². The minimum absolute atomic E-state index is 0.0467. The summed E-state index contributed by atoms with van der Waals surface area (Å²) in [4.78, 5) is 14.5. The van der Waals surface area contributed by atoms with Crippen molar-refractivity contribution in [3.05, 3.63) is 29.8 Å². The van der Waals surface area contributed by atoms with Gasteiger partial charge in [0.1, 0.15) is 10.8 Å². The first-order chi connectivity index (χ1) is 8.84. The molecule has 100 valence electrons. The molecule has 2 N–H and O–H groups in total. The number of halogens is 3. The van der Waals surface area contributed by atoms with Crippen LogP contribution in [0.1, 0.15) is 11.5 Å². The van der Waals surface area contributed by atoms with E-state index < -0.39 is 12.0 Å². The second-order valence-corrected chi connectivity index (χ2v) is 4.52. The largest absolute Gasteiger partial charge is 0.451 e. The summed E-state index contributed by atoms with van der Waals surface area (Å²) in [6.07, 6.45) is -3.13. The number of rotatable bonds is 2. The molecule has 0 unspecified atom stereocenters. The summed E-state index contributed by atoms with van der Waals surface area (Å²) in [7, 11) is 0. The molecule has 2 aromatic heterocycles. The predicted octanol–water partition coefficient (Wildman–Crippen LogP) is 2.33. The predicted molar refractivity (Wildman–Crippen MR) is 62.3 cm³/mol. The van der Waals surface area contributed by atoms with E-state index in [4.69, 9.17) is 5.73 Å². The smallest absolute Gasteiger partial charge is 0.384 e. The quantitative estimate of drug-likeness (QED) is 0.674. The normalized spacial score (nSPS) is 11.6. The van der Waals surface area contributed by atoms with Gasteiger partial charge in [0.05, 0.1) is 0 Å². The first kappa shape index (κ1) is 13.5. The van der Waals surface area contributed by atoms with E-state index in [9.17, 15) is 13.2 Å². The molecule has 19 heavy (non-hydrogen) atoms. The van der Waals surface area contributed by atoms with Crippen LogP contribution in [0, 0.1) is 6.92 Å². The summed E-state index contributed by atoms with van der Waals surface area (Å²) in [6.45, 7) is 1.75. The van der Waals surface area contributed by atoms with Crippen LogP contribution in [0.15, 0.2) is 28.5 Å². The number of nitrogens with zero attached hydrogens (tertiary/aromatic N) is 4. The molecule has 0 saturated carbocycles. The zero-order chi connectivity index (χ0) is 14.0. The first-order valence-corrected chi connectivity index (χ1v) is 5.85. The van der Waals surface area contributed by atoms with Crippen molar-refractivity contribution in [2.75, 3.05) is 5.73 Å². The Kier molecular flexibility index (Phi) is 3.56. The monoisotopic (exact) mass is 287 g/mol. The van der Waals surface area contributed by atoms with Gasteiger partial charge >= 0.3 is 6.18 Å². The molecule has 5 nitrogen and oxygen atoms in total. The van der Waals surface area contributed by atoms with Gasteiger partial charge < -0.3 is 5.73 Å². The van der Waals surface area contributed by atoms with Crippen LogP contribution < -0.4 is 5.73 Å². The lowest BCUT2D eigenvalue weighted by Crippen LogP contribution is -2.12. The summed E-state index contributed by atoms with van der Waals surface area (Å²) in [5.74, 6) is -1.53. The Balaban J connectivity index is 2.33. The number of hydrogen-bond acceptors (Lipinski definition) is 6. The fourth-order valence-electron chi connectivity index (χ4n) is 1.19. The van der Waals surface area contributed by atoms with Crippen molar-refractivity contribution < 1.29 is 13.2 Å². The van der Waals surface area contributed by atoms with E-state index in [-0.39, 0.29) is 10.8 Å². The van der Waals surface area contributed by atoms with Gasteiger partial charge in [0.2, 0.25) is 5.82 Å². The Bertz CT molecular complexity index is 602. The van der Waals surface area contributed by atoms with E-state index in [0.717, 1.165) is 11.8 Å². The fraction of sp³-hybridized carbons (Fsp3) is 0.200. The summed E-state index contributed by atoms with van der Waals surface area (Å²) in [5.41, 5.74) is 6.04. The maximum atomic E-state index is 12.5. The SMILES string of the molecule is Cc1ccnc(Sc2cc(N)nc(C(F)(F)F)n2)n1. The molecule has 0 fully saturated rings. The number of aryl methyl sites for hydroxylation is 1. The maximum Gasteiger partial charge on any atom is 0.451 e. The Morgan fingerprint density at radius 1 is 1.21 bits per heavy atom. The van der Waals surface area contributed by atoms with E-state index in [2.05, 4.69) is 19.9 Å². The highest BCUT2D eigenvalue weighted by Gasteiger charge is 2.35. The molecule has 0 aliphatic heterocycles. The lowest BCUT2D eigenvalue weighted by atomic mass is 10.5. The number of alkyl halides is 3. The van der Waals surface area contributed by atoms with Crippen LogP contribution in [-0.4, -0.2) is 19.9 Å². The Labute approximate surface area is 110 Å². The molecule has 0 aliphatic rings. The Morgan fingerprint density at radius 2 is 1.95 bits per heavy atom. The summed E-state index contributed by atoms with van der Waals surface area (Å²) < 4.78 is 37.6. The van der Waals surface area contributed by atoms with Crippen molar-refractivity contribution in [3.63, 3.8) is 0 Å². The van der Waals surface area contributed by atoms with Crippen molar-refractivity contribution in [2.45, 2.75) is 23.3 Å². The van der Waals surface area contributed by atoms with Crippen molar-refractivity contribution in [1.29, 1.82) is 0 Å². The van der Waals surface area contributed by atoms with E-state index in [1.807, 2.05) is 0 Å². The van der Waals surface area contributed by atoms with E-state index in [1.165, 1.54) is 12.3 Å². The average Bonchev–Trinajstić information content (AvgIpc) is 2.26. The summed E-state index contributed by atoms with van der Waals surface area (Å²) in [5, 5.41) is 0.344. The van der Waals surface area contributed by atoms with Gasteiger partial charge in [-0.15, -0.1) is 0 Å². The van der Waals surface area contributed by atoms with Gasteiger partial charge in [-0.25, -0.2) is 19.9 Å². The van der Waals surface area contributed by atoms with Gasteiger partial charge in [0, 0.05) is 18.0 Å². The molecule has 2 heterocycles. The Hall–Kier alpha value is -1.90. The van der Waals surface area contributed by atoms with E-state index in [1.54, 1.807) is 13.0 Å². The fourth-order valence-corrected chi connectivity index (χ4v) is 1.99. The summed E-state index contributed by atoms with van der Waals surface area (Å²) >= 11 is 0.893. The van der Waals surface area contributed by atoms with Gasteiger partial charge in [-0.05, 0) is 24.8 Å². The molecule has 0 aliphatic carbocycles. The molecule has 0 spiro atoms. The molecule has 0 radical (unpaired) electrons. The highest BCUT2D eigenvalue weighted by atomic mass is 32.2. The number of anilines is 1. The van der Waals surface area contributed by atoms with Crippen LogP contribution >= 0.6 is 11.8 Å². The zero-order valence-electron chi connectivity index (χ0n) is 9.64. The number of nitrogen functional groups attached to an aromatic ring is 1. The van der Waals surface area contributed by atoms with Gasteiger partial charge in [0.15, 0.2) is 5.16 Å². The minimum atomic E-state index is -4.64. The van der Waals surface area contributed by atoms with Crippen molar-refractivity contribution in [3.8, 4) is 0 Å². The standard InChI is InChI=1S/C10H8F3N5S/c1-5-2-3-15-9(16-5)19-7-4-6(14)17-8(18-7)10(11,12)13/h2-4H,1H3,(H2,14,17,18). The third kappa shape index (κ3) is 3.53. The lowest BCUT2D eigenvalue weighted by Gasteiger charge is -2.07. The van der Waals surface area contributed by atoms with Gasteiger partial charge in [-0.1, -0.05) is 0 Å². The molecule has 9 heteroatoms. The average molecular weight is 287 g/mol. The van der Waals surface area contributed by atoms with Crippen LogP contribution in [0.4, 0.5) is 19.0 Å². The van der Waals surface area contributed by atoms with E-state index in [0.29, 0.717) is 10.9 Å². The molecule has 0 bridgehead atoms. The van der Waals surface area contributed by atoms with Crippen molar-refractivity contribution >= 4 is 17.6 Å². The highest BCUT2D eigenvalue weighted by Crippen LogP contribution is 2.30. The van der Waals surface area contributed by atoms with Crippen LogP contribution in [0.5, 0.6) is 0 Å². The summed E-state index contributed by atoms with van der Waals surface area (Å²) in [6, 6.07) is 2.92. The minimum Gasteiger partial charge on any atom is -0.384 e. The molecule has 0 aromatic carbocycles. The maximum absolute atomic E-state index is 12.5. The van der Waals surface area contributed by atoms with E-state index >= 15 is 0 Å². The third-order valence-corrected chi connectivity index (χ3v) is 2.74. The molecule has 0 saturated heterocycles. The Morgan fingerprint density at radius 3 is 2.58 bits per heavy atom. The molecule has 0 atom stereocenters. The molecular weight excluding hydrogens is 279 g/mol. The van der Waals surface area contributed by atoms with Crippen LogP contribution in [0.25, 0.3) is 0 Å². The topological polar surface area (TPSA) is 77.6 Å². The number of aromatic nitrogens is 4. The van der Waals surface area contributed by atoms with Gasteiger partial charge in [0.25, 0.3) is 0 Å². The molecule has 0 amide bonds. The highest BCUT2D eigenvalue weighted by molar-refractivity contribution is 7.99. The second kappa shape index (κ2) is 5.00. The first-order valence-electron chi connectivity index (χ1n) is 5.04. The van der Waals surface area contributed by atoms with Crippen molar-refractivity contribution in [2.24, 2.45) is 0 Å². The number of nitrogens with two attached hydrogens (primary N) is 1. The molecular formula is C10H8F3N5S. The van der Waals surface area contributed by atoms with Crippen LogP contribution in [0.3, 0.4) is 0 Å². The van der Waals surface area contributed by atoms with Crippen LogP contribution in [0.2, 0.25) is 0 Å². The zero-order valence-corrected chi connectivity index (χ0v) is 10.5. The van der Waals surface area contributed by atoms with Crippen molar-refractivity contribution in [1.82, 2.24) is 19.9 Å². The van der Waals surface area contributed by atoms with Gasteiger partial charge in [-0.3, -0.25) is 0 Å². The number of hydrogen-bond donors (Lipinski definition) is 1. The lowest BCUT2D eigenvalue weighted by molar-refractivity contribution is -0.145. The molecule has 2 aromatic rings. The third-order valence-electron chi connectivity index (χ3n) is 1.94. The van der Waals surface area contributed by atoms with Crippen LogP contribution in [-0.2, 0) is 6.18 Å².